The molecule has 0 atom stereocenters. The Hall–Kier alpha value is -2.34. The maximum atomic E-state index is 12.1. The fourth-order valence-corrected chi connectivity index (χ4v) is 2.31. The highest BCUT2D eigenvalue weighted by molar-refractivity contribution is 7.13. The standard InChI is InChI=1S/C12H10N4OS/c13-7-1-2-8-9(6-15-10(8)5-7)11(17)16-12-14-3-4-18-12/h1-6,15H,13H2,(H,14,16,17). The molecule has 0 aliphatic heterocycles. The highest BCUT2D eigenvalue weighted by atomic mass is 32.1. The number of anilines is 2. The molecule has 3 aromatic rings. The van der Waals surface area contributed by atoms with Crippen molar-refractivity contribution in [2.45, 2.75) is 0 Å². The number of amides is 1. The minimum absolute atomic E-state index is 0.180. The zero-order chi connectivity index (χ0) is 12.5. The molecule has 2 aromatic heterocycles. The van der Waals surface area contributed by atoms with Crippen molar-refractivity contribution in [3.05, 3.63) is 41.5 Å². The van der Waals surface area contributed by atoms with E-state index in [1.165, 1.54) is 11.3 Å². The van der Waals surface area contributed by atoms with Crippen LogP contribution in [0.5, 0.6) is 0 Å². The summed E-state index contributed by atoms with van der Waals surface area (Å²) in [6.45, 7) is 0. The third-order valence-corrected chi connectivity index (χ3v) is 3.29. The molecule has 0 aliphatic rings. The number of nitrogen functional groups attached to an aromatic ring is 1. The number of carbonyl (C=O) groups excluding carboxylic acids is 1. The summed E-state index contributed by atoms with van der Waals surface area (Å²) in [6.07, 6.45) is 3.32. The Morgan fingerprint density at radius 1 is 1.44 bits per heavy atom. The van der Waals surface area contributed by atoms with Crippen molar-refractivity contribution in [3.63, 3.8) is 0 Å². The van der Waals surface area contributed by atoms with Crippen molar-refractivity contribution in [1.29, 1.82) is 0 Å². The van der Waals surface area contributed by atoms with Gasteiger partial charge in [0.1, 0.15) is 0 Å². The van der Waals surface area contributed by atoms with Gasteiger partial charge in [-0.3, -0.25) is 10.1 Å². The van der Waals surface area contributed by atoms with Gasteiger partial charge < -0.3 is 10.7 Å². The normalized spacial score (nSPS) is 10.7. The topological polar surface area (TPSA) is 83.8 Å². The second kappa shape index (κ2) is 4.15. The number of nitrogens with one attached hydrogen (secondary N) is 2. The van der Waals surface area contributed by atoms with E-state index in [-0.39, 0.29) is 5.91 Å². The Kier molecular flexibility index (Phi) is 2.49. The molecule has 0 spiro atoms. The predicted molar refractivity (Wildman–Crippen MR) is 72.8 cm³/mol. The van der Waals surface area contributed by atoms with Crippen LogP contribution in [0.25, 0.3) is 10.9 Å². The minimum Gasteiger partial charge on any atom is -0.399 e. The van der Waals surface area contributed by atoms with E-state index >= 15 is 0 Å². The van der Waals surface area contributed by atoms with Gasteiger partial charge in [-0.2, -0.15) is 0 Å². The summed E-state index contributed by atoms with van der Waals surface area (Å²) in [5.41, 5.74) is 7.78. The van der Waals surface area contributed by atoms with E-state index in [1.54, 1.807) is 24.5 Å². The van der Waals surface area contributed by atoms with Gasteiger partial charge >= 0.3 is 0 Å². The van der Waals surface area contributed by atoms with Gasteiger partial charge in [0.05, 0.1) is 5.56 Å². The van der Waals surface area contributed by atoms with E-state index in [0.29, 0.717) is 16.4 Å². The molecule has 90 valence electrons. The highest BCUT2D eigenvalue weighted by Gasteiger charge is 2.12. The third kappa shape index (κ3) is 1.82. The maximum Gasteiger partial charge on any atom is 0.259 e. The molecule has 1 aromatic carbocycles. The molecule has 6 heteroatoms. The summed E-state index contributed by atoms with van der Waals surface area (Å²) >= 11 is 1.38. The monoisotopic (exact) mass is 258 g/mol. The average molecular weight is 258 g/mol. The zero-order valence-corrected chi connectivity index (χ0v) is 10.1. The second-order valence-electron chi connectivity index (χ2n) is 3.80. The van der Waals surface area contributed by atoms with Crippen LogP contribution in [0.15, 0.2) is 36.0 Å². The molecule has 4 N–H and O–H groups in total. The zero-order valence-electron chi connectivity index (χ0n) is 9.31. The predicted octanol–water partition coefficient (Wildman–Crippen LogP) is 2.46. The van der Waals surface area contributed by atoms with Gasteiger partial charge in [0.2, 0.25) is 0 Å². The first-order chi connectivity index (χ1) is 8.74. The number of benzene rings is 1. The number of fused-ring (bicyclic) bond motifs is 1. The Bertz CT molecular complexity index is 702. The van der Waals surface area contributed by atoms with Crippen LogP contribution < -0.4 is 11.1 Å². The average Bonchev–Trinajstić information content (AvgIpc) is 2.97. The summed E-state index contributed by atoms with van der Waals surface area (Å²) in [5.74, 6) is -0.180. The molecule has 0 bridgehead atoms. The van der Waals surface area contributed by atoms with E-state index in [4.69, 9.17) is 5.73 Å². The lowest BCUT2D eigenvalue weighted by Crippen LogP contribution is -2.10. The largest absolute Gasteiger partial charge is 0.399 e. The van der Waals surface area contributed by atoms with Gasteiger partial charge in [-0.15, -0.1) is 11.3 Å². The van der Waals surface area contributed by atoms with Crippen LogP contribution in [0.3, 0.4) is 0 Å². The molecule has 0 unspecified atom stereocenters. The van der Waals surface area contributed by atoms with Gasteiger partial charge in [0.25, 0.3) is 5.91 Å². The number of hydrogen-bond donors (Lipinski definition) is 3. The molecule has 5 nitrogen and oxygen atoms in total. The minimum atomic E-state index is -0.180. The van der Waals surface area contributed by atoms with Crippen molar-refractivity contribution < 1.29 is 4.79 Å². The summed E-state index contributed by atoms with van der Waals surface area (Å²) in [5, 5.41) is 5.99. The molecule has 0 fully saturated rings. The van der Waals surface area contributed by atoms with Crippen LogP contribution >= 0.6 is 11.3 Å². The van der Waals surface area contributed by atoms with Crippen LogP contribution in [-0.2, 0) is 0 Å². The van der Waals surface area contributed by atoms with Gasteiger partial charge in [-0.05, 0) is 18.2 Å². The first-order valence-electron chi connectivity index (χ1n) is 5.31. The SMILES string of the molecule is Nc1ccc2c(C(=O)Nc3nccs3)c[nH]c2c1. The molecule has 0 radical (unpaired) electrons. The molecule has 2 heterocycles. The lowest BCUT2D eigenvalue weighted by molar-refractivity contribution is 0.102. The molecule has 1 amide bonds. The number of nitrogens with zero attached hydrogens (tertiary/aromatic N) is 1. The van der Waals surface area contributed by atoms with E-state index in [2.05, 4.69) is 15.3 Å². The lowest BCUT2D eigenvalue weighted by atomic mass is 10.1. The van der Waals surface area contributed by atoms with Gasteiger partial charge in [-0.1, -0.05) is 0 Å². The molecular formula is C12H10N4OS. The summed E-state index contributed by atoms with van der Waals surface area (Å²) in [4.78, 5) is 19.1. The Balaban J connectivity index is 1.97. The van der Waals surface area contributed by atoms with E-state index < -0.39 is 0 Å². The smallest absolute Gasteiger partial charge is 0.259 e. The van der Waals surface area contributed by atoms with Crippen LogP contribution in [-0.4, -0.2) is 15.9 Å². The highest BCUT2D eigenvalue weighted by Crippen LogP contribution is 2.22. The number of carbonyl (C=O) groups is 1. The molecule has 0 saturated carbocycles. The van der Waals surface area contributed by atoms with Crippen molar-refractivity contribution in [2.24, 2.45) is 0 Å². The number of hydrogen-bond acceptors (Lipinski definition) is 4. The van der Waals surface area contributed by atoms with E-state index in [1.807, 2.05) is 11.4 Å². The number of nitrogens with two attached hydrogens (primary N) is 1. The lowest BCUT2D eigenvalue weighted by Gasteiger charge is -2.00. The first-order valence-corrected chi connectivity index (χ1v) is 6.19. The van der Waals surface area contributed by atoms with E-state index in [0.717, 1.165) is 10.9 Å². The van der Waals surface area contributed by atoms with E-state index in [9.17, 15) is 4.79 Å². The Labute approximate surface area is 107 Å². The molecule has 0 saturated heterocycles. The van der Waals surface area contributed by atoms with Crippen molar-refractivity contribution in [1.82, 2.24) is 9.97 Å². The molecule has 0 aliphatic carbocycles. The van der Waals surface area contributed by atoms with Crippen LogP contribution in [0.4, 0.5) is 10.8 Å². The van der Waals surface area contributed by atoms with Crippen LogP contribution in [0.2, 0.25) is 0 Å². The summed E-state index contributed by atoms with van der Waals surface area (Å²) < 4.78 is 0. The van der Waals surface area contributed by atoms with Crippen molar-refractivity contribution >= 4 is 39.0 Å². The Morgan fingerprint density at radius 2 is 2.33 bits per heavy atom. The molecular weight excluding hydrogens is 248 g/mol. The third-order valence-electron chi connectivity index (χ3n) is 2.60. The summed E-state index contributed by atoms with van der Waals surface area (Å²) in [7, 11) is 0. The molecule has 18 heavy (non-hydrogen) atoms. The first kappa shape index (κ1) is 10.8. The van der Waals surface area contributed by atoms with Crippen LogP contribution in [0.1, 0.15) is 10.4 Å². The van der Waals surface area contributed by atoms with Crippen molar-refractivity contribution in [2.75, 3.05) is 11.1 Å². The summed E-state index contributed by atoms with van der Waals surface area (Å²) in [6, 6.07) is 5.41. The van der Waals surface area contributed by atoms with Gasteiger partial charge in [0, 0.05) is 34.4 Å². The van der Waals surface area contributed by atoms with Gasteiger partial charge in [-0.25, -0.2) is 4.98 Å². The number of thiazole rings is 1. The Morgan fingerprint density at radius 3 is 3.11 bits per heavy atom. The quantitative estimate of drug-likeness (QED) is 0.617. The maximum absolute atomic E-state index is 12.1. The van der Waals surface area contributed by atoms with Crippen molar-refractivity contribution in [3.8, 4) is 0 Å². The van der Waals surface area contributed by atoms with Gasteiger partial charge in [0.15, 0.2) is 5.13 Å². The number of H-pyrrole nitrogens is 1. The molecule has 3 rings (SSSR count). The fraction of sp³-hybridized carbons (Fsp3) is 0. The fourth-order valence-electron chi connectivity index (χ4n) is 1.78. The van der Waals surface area contributed by atoms with Crippen LogP contribution in [0, 0.1) is 0 Å². The number of aromatic amines is 1. The number of aromatic nitrogens is 2. The second-order valence-corrected chi connectivity index (χ2v) is 4.69. The number of rotatable bonds is 2.